The molecule has 1 heterocycles. The molecule has 0 saturated heterocycles. The summed E-state index contributed by atoms with van der Waals surface area (Å²) in [6.45, 7) is -0.357. The van der Waals surface area contributed by atoms with Crippen LogP contribution < -0.4 is 16.0 Å². The van der Waals surface area contributed by atoms with Crippen molar-refractivity contribution in [3.05, 3.63) is 36.2 Å². The summed E-state index contributed by atoms with van der Waals surface area (Å²) in [5, 5.41) is 18.1. The Morgan fingerprint density at radius 3 is 2.14 bits per heavy atom. The molecule has 0 spiro atoms. The molecule has 0 aliphatic carbocycles. The highest BCUT2D eigenvalue weighted by molar-refractivity contribution is 7.90. The van der Waals surface area contributed by atoms with E-state index < -0.39 is 10.0 Å². The van der Waals surface area contributed by atoms with Gasteiger partial charge in [0.2, 0.25) is 0 Å². The van der Waals surface area contributed by atoms with Crippen molar-refractivity contribution < 1.29 is 13.5 Å². The van der Waals surface area contributed by atoms with Crippen LogP contribution in [0.15, 0.2) is 35.4 Å². The zero-order valence-corrected chi connectivity index (χ0v) is 13.5. The predicted octanol–water partition coefficient (Wildman–Crippen LogP) is 1.34. The van der Waals surface area contributed by atoms with Gasteiger partial charge in [0.25, 0.3) is 10.0 Å². The number of aliphatic hydroxyl groups is 1. The normalized spacial score (nSPS) is 11.3. The Morgan fingerprint density at radius 1 is 1.09 bits per heavy atom. The van der Waals surface area contributed by atoms with Crippen LogP contribution in [0.4, 0.5) is 17.1 Å². The maximum absolute atomic E-state index is 13.0. The van der Waals surface area contributed by atoms with Gasteiger partial charge in [-0.25, -0.2) is 12.4 Å². The van der Waals surface area contributed by atoms with Gasteiger partial charge in [-0.05, 0) is 24.3 Å². The van der Waals surface area contributed by atoms with E-state index in [4.69, 9.17) is 0 Å². The van der Waals surface area contributed by atoms with Crippen molar-refractivity contribution in [1.29, 1.82) is 0 Å². The van der Waals surface area contributed by atoms with Crippen LogP contribution in [-0.4, -0.2) is 38.6 Å². The second-order valence-corrected chi connectivity index (χ2v) is 6.36. The Balaban J connectivity index is 2.75. The molecule has 0 amide bonds. The first-order valence-electron chi connectivity index (χ1n) is 6.73. The first-order valence-corrected chi connectivity index (χ1v) is 8.17. The van der Waals surface area contributed by atoms with Crippen LogP contribution in [0.3, 0.4) is 0 Å². The highest BCUT2D eigenvalue weighted by Crippen LogP contribution is 2.35. The highest BCUT2D eigenvalue weighted by Gasteiger charge is 2.26. The summed E-state index contributed by atoms with van der Waals surface area (Å²) in [5.41, 5.74) is 2.02. The van der Waals surface area contributed by atoms with Crippen molar-refractivity contribution in [2.45, 2.75) is 11.5 Å². The fourth-order valence-electron chi connectivity index (χ4n) is 2.28. The van der Waals surface area contributed by atoms with Gasteiger partial charge in [0.15, 0.2) is 0 Å². The lowest BCUT2D eigenvalue weighted by molar-refractivity contribution is 0.275. The lowest BCUT2D eigenvalue weighted by atomic mass is 10.2. The number of aliphatic hydroxyl groups excluding tert-OH is 1. The van der Waals surface area contributed by atoms with E-state index in [9.17, 15) is 13.5 Å². The van der Waals surface area contributed by atoms with Gasteiger partial charge >= 0.3 is 0 Å². The van der Waals surface area contributed by atoms with Crippen LogP contribution in [0, 0.1) is 0 Å². The first-order chi connectivity index (χ1) is 10.5. The molecule has 7 nitrogen and oxygen atoms in total. The summed E-state index contributed by atoms with van der Waals surface area (Å²) in [6.07, 6.45) is 1.42. The van der Waals surface area contributed by atoms with Gasteiger partial charge in [-0.3, -0.25) is 0 Å². The van der Waals surface area contributed by atoms with E-state index in [1.807, 2.05) is 0 Å². The van der Waals surface area contributed by atoms with Crippen LogP contribution in [0.25, 0.3) is 0 Å². The molecule has 4 N–H and O–H groups in total. The second kappa shape index (κ2) is 6.29. The maximum Gasteiger partial charge on any atom is 0.272 e. The van der Waals surface area contributed by atoms with Crippen molar-refractivity contribution in [2.24, 2.45) is 0 Å². The van der Waals surface area contributed by atoms with Crippen LogP contribution in [0.2, 0.25) is 0 Å². The van der Waals surface area contributed by atoms with Gasteiger partial charge in [0.1, 0.15) is 4.90 Å². The average Bonchev–Trinajstić information content (AvgIpc) is 3.02. The zero-order valence-electron chi connectivity index (χ0n) is 12.7. The molecule has 22 heavy (non-hydrogen) atoms. The lowest BCUT2D eigenvalue weighted by Gasteiger charge is -2.18. The minimum absolute atomic E-state index is 0.127. The van der Waals surface area contributed by atoms with Crippen molar-refractivity contribution in [3.8, 4) is 0 Å². The minimum atomic E-state index is -3.85. The zero-order chi connectivity index (χ0) is 16.3. The van der Waals surface area contributed by atoms with Crippen molar-refractivity contribution in [3.63, 3.8) is 0 Å². The van der Waals surface area contributed by atoms with Gasteiger partial charge in [-0.2, -0.15) is 0 Å². The quantitative estimate of drug-likeness (QED) is 0.640. The summed E-state index contributed by atoms with van der Waals surface area (Å²) in [5.74, 6) is 0. The molecule has 0 bridgehead atoms. The summed E-state index contributed by atoms with van der Waals surface area (Å²) < 4.78 is 27.1. The van der Waals surface area contributed by atoms with Gasteiger partial charge in [0.05, 0.1) is 23.7 Å². The van der Waals surface area contributed by atoms with Crippen molar-refractivity contribution in [1.82, 2.24) is 3.97 Å². The van der Waals surface area contributed by atoms with Gasteiger partial charge < -0.3 is 21.1 Å². The minimum Gasteiger partial charge on any atom is -0.390 e. The Labute approximate surface area is 130 Å². The molecule has 0 unspecified atom stereocenters. The molecule has 2 aromatic rings. The van der Waals surface area contributed by atoms with Crippen LogP contribution >= 0.6 is 0 Å². The number of nitrogens with one attached hydrogen (secondary N) is 3. The van der Waals surface area contributed by atoms with E-state index in [1.165, 1.54) is 6.20 Å². The first kappa shape index (κ1) is 16.2. The summed E-state index contributed by atoms with van der Waals surface area (Å²) in [6, 6.07) is 6.59. The molecule has 0 aliphatic heterocycles. The summed E-state index contributed by atoms with van der Waals surface area (Å²) >= 11 is 0. The van der Waals surface area contributed by atoms with E-state index in [1.54, 1.807) is 45.4 Å². The molecule has 0 radical (unpaired) electrons. The van der Waals surface area contributed by atoms with E-state index in [-0.39, 0.29) is 11.5 Å². The number of benzene rings is 1. The largest absolute Gasteiger partial charge is 0.390 e. The van der Waals surface area contributed by atoms with Crippen LogP contribution in [0.1, 0.15) is 5.69 Å². The average molecular weight is 324 g/mol. The fourth-order valence-corrected chi connectivity index (χ4v) is 4.01. The molecule has 8 heteroatoms. The van der Waals surface area contributed by atoms with Gasteiger partial charge in [-0.1, -0.05) is 0 Å². The summed E-state index contributed by atoms with van der Waals surface area (Å²) in [4.78, 5) is 0.127. The fraction of sp³-hybridized carbons (Fsp3) is 0.286. The predicted molar refractivity (Wildman–Crippen MR) is 88.0 cm³/mol. The molecular weight excluding hydrogens is 304 g/mol. The monoisotopic (exact) mass is 324 g/mol. The molecule has 0 aliphatic rings. The molecule has 120 valence electrons. The lowest BCUT2D eigenvalue weighted by Crippen LogP contribution is -2.18. The van der Waals surface area contributed by atoms with E-state index in [0.717, 1.165) is 9.66 Å². The number of rotatable bonds is 6. The number of aromatic nitrogens is 1. The Bertz CT molecular complexity index is 743. The molecule has 2 rings (SSSR count). The van der Waals surface area contributed by atoms with E-state index in [2.05, 4.69) is 16.0 Å². The number of hydrogen-bond acceptors (Lipinski definition) is 6. The third kappa shape index (κ3) is 2.62. The maximum atomic E-state index is 13.0. The van der Waals surface area contributed by atoms with Gasteiger partial charge in [-0.15, -0.1) is 0 Å². The summed E-state index contributed by atoms with van der Waals surface area (Å²) in [7, 11) is 1.24. The Hall–Kier alpha value is -2.19. The number of nitrogens with zero attached hydrogens (tertiary/aromatic N) is 1. The second-order valence-electron chi connectivity index (χ2n) is 4.61. The standard InChI is InChI=1S/C14H20N4O3S/c1-15-10-7-12(16-2)14(13(8-10)17-3)22(20,21)18-6-4-5-11(18)9-19/h4-8,15-17,19H,9H2,1-3H3. The molecule has 1 aromatic carbocycles. The smallest absolute Gasteiger partial charge is 0.272 e. The van der Waals surface area contributed by atoms with Crippen LogP contribution in [-0.2, 0) is 16.6 Å². The SMILES string of the molecule is CNc1cc(NC)c(S(=O)(=O)n2cccc2CO)c(NC)c1. The third-order valence-corrected chi connectivity index (χ3v) is 5.22. The third-order valence-electron chi connectivity index (χ3n) is 3.39. The molecular formula is C14H20N4O3S. The van der Waals surface area contributed by atoms with Crippen molar-refractivity contribution in [2.75, 3.05) is 37.1 Å². The Morgan fingerprint density at radius 2 is 1.68 bits per heavy atom. The van der Waals surface area contributed by atoms with Crippen molar-refractivity contribution >= 4 is 27.1 Å². The highest BCUT2D eigenvalue weighted by atomic mass is 32.2. The van der Waals surface area contributed by atoms with Gasteiger partial charge in [0, 0.05) is 33.0 Å². The van der Waals surface area contributed by atoms with Crippen LogP contribution in [0.5, 0.6) is 0 Å². The topological polar surface area (TPSA) is 95.4 Å². The molecule has 1 aromatic heterocycles. The number of hydrogen-bond donors (Lipinski definition) is 4. The molecule has 0 fully saturated rings. The molecule has 0 saturated carbocycles. The van der Waals surface area contributed by atoms with E-state index >= 15 is 0 Å². The number of anilines is 3. The Kier molecular flexibility index (Phi) is 4.62. The van der Waals surface area contributed by atoms with E-state index in [0.29, 0.717) is 17.1 Å². The molecule has 0 atom stereocenters.